The summed E-state index contributed by atoms with van der Waals surface area (Å²) in [5.74, 6) is 0. The lowest BCUT2D eigenvalue weighted by Crippen LogP contribution is -2.32. The molecule has 0 radical (unpaired) electrons. The summed E-state index contributed by atoms with van der Waals surface area (Å²) in [6, 6.07) is 6.40. The summed E-state index contributed by atoms with van der Waals surface area (Å²) in [6.45, 7) is 0. The number of methoxy groups -OCH3 is 1. The van der Waals surface area contributed by atoms with E-state index in [4.69, 9.17) is 10.5 Å². The highest BCUT2D eigenvalue weighted by Crippen LogP contribution is 2.36. The highest BCUT2D eigenvalue weighted by Gasteiger charge is 2.30. The molecule has 1 fully saturated rings. The van der Waals surface area contributed by atoms with Crippen molar-refractivity contribution in [2.24, 2.45) is 0 Å². The normalized spacial score (nSPS) is 24.6. The maximum absolute atomic E-state index is 5.73. The zero-order chi connectivity index (χ0) is 11.1. The molecule has 4 nitrogen and oxygen atoms in total. The molecule has 1 aromatic heterocycles. The summed E-state index contributed by atoms with van der Waals surface area (Å²) in [5.41, 5.74) is 8.63. The molecule has 4 heteroatoms. The molecule has 1 aromatic carbocycles. The number of hydrogen-bond acceptors (Lipinski definition) is 3. The lowest BCUT2D eigenvalue weighted by molar-refractivity contribution is 0.00734. The third-order valence-corrected chi connectivity index (χ3v) is 3.40. The van der Waals surface area contributed by atoms with E-state index in [1.807, 2.05) is 24.5 Å². The van der Waals surface area contributed by atoms with Crippen LogP contribution in [0.5, 0.6) is 0 Å². The van der Waals surface area contributed by atoms with Crippen molar-refractivity contribution in [2.45, 2.75) is 25.0 Å². The maximum Gasteiger partial charge on any atom is 0.0960 e. The highest BCUT2D eigenvalue weighted by atomic mass is 16.5. The van der Waals surface area contributed by atoms with Crippen LogP contribution in [0.1, 0.15) is 18.9 Å². The minimum atomic E-state index is 0.413. The van der Waals surface area contributed by atoms with Crippen LogP contribution in [0.4, 0.5) is 5.69 Å². The molecule has 1 aliphatic carbocycles. The first-order valence-electron chi connectivity index (χ1n) is 5.53. The Hall–Kier alpha value is -1.55. The van der Waals surface area contributed by atoms with Crippen LogP contribution in [0.25, 0.3) is 11.0 Å². The summed E-state index contributed by atoms with van der Waals surface area (Å²) in [4.78, 5) is 4.38. The van der Waals surface area contributed by atoms with Crippen LogP contribution in [0.2, 0.25) is 0 Å². The molecule has 1 saturated carbocycles. The fourth-order valence-corrected chi connectivity index (χ4v) is 2.30. The minimum Gasteiger partial charge on any atom is -0.399 e. The molecule has 0 atom stereocenters. The van der Waals surface area contributed by atoms with Crippen molar-refractivity contribution in [1.29, 1.82) is 0 Å². The van der Waals surface area contributed by atoms with Crippen molar-refractivity contribution in [2.75, 3.05) is 12.8 Å². The van der Waals surface area contributed by atoms with Gasteiger partial charge < -0.3 is 15.0 Å². The second kappa shape index (κ2) is 3.49. The van der Waals surface area contributed by atoms with E-state index in [9.17, 15) is 0 Å². The Morgan fingerprint density at radius 2 is 2.25 bits per heavy atom. The number of benzene rings is 1. The van der Waals surface area contributed by atoms with Crippen molar-refractivity contribution in [3.63, 3.8) is 0 Å². The monoisotopic (exact) mass is 217 g/mol. The van der Waals surface area contributed by atoms with Gasteiger partial charge in [-0.1, -0.05) is 0 Å². The molecule has 0 aliphatic heterocycles. The van der Waals surface area contributed by atoms with Gasteiger partial charge in [0.2, 0.25) is 0 Å². The molecule has 0 unspecified atom stereocenters. The van der Waals surface area contributed by atoms with Crippen molar-refractivity contribution in [1.82, 2.24) is 9.55 Å². The fraction of sp³-hybridized carbons (Fsp3) is 0.417. The standard InChI is InChI=1S/C12H15N3O/c1-16-10-5-9(6-10)15-7-14-11-4-8(13)2-3-12(11)15/h2-4,7,9-10H,5-6,13H2,1H3. The summed E-state index contributed by atoms with van der Waals surface area (Å²) >= 11 is 0. The summed E-state index contributed by atoms with van der Waals surface area (Å²) in [6.07, 6.45) is 4.47. The molecule has 0 spiro atoms. The number of nitrogen functional groups attached to an aromatic ring is 1. The smallest absolute Gasteiger partial charge is 0.0960 e. The van der Waals surface area contributed by atoms with Gasteiger partial charge >= 0.3 is 0 Å². The Morgan fingerprint density at radius 1 is 1.44 bits per heavy atom. The van der Waals surface area contributed by atoms with Crippen LogP contribution in [0.3, 0.4) is 0 Å². The number of aromatic nitrogens is 2. The van der Waals surface area contributed by atoms with E-state index in [0.29, 0.717) is 12.1 Å². The van der Waals surface area contributed by atoms with Crippen molar-refractivity contribution < 1.29 is 4.74 Å². The number of fused-ring (bicyclic) bond motifs is 1. The van der Waals surface area contributed by atoms with Crippen LogP contribution >= 0.6 is 0 Å². The fourth-order valence-electron chi connectivity index (χ4n) is 2.30. The Balaban J connectivity index is 1.94. The van der Waals surface area contributed by atoms with Crippen LogP contribution in [0, 0.1) is 0 Å². The molecular formula is C12H15N3O. The van der Waals surface area contributed by atoms with Gasteiger partial charge in [0.1, 0.15) is 0 Å². The topological polar surface area (TPSA) is 53.1 Å². The first kappa shape index (κ1) is 9.66. The average Bonchev–Trinajstić information content (AvgIpc) is 2.60. The molecule has 3 rings (SSSR count). The van der Waals surface area contributed by atoms with Gasteiger partial charge in [0.05, 0.1) is 23.5 Å². The Labute approximate surface area is 94.0 Å². The van der Waals surface area contributed by atoms with Gasteiger partial charge in [-0.15, -0.1) is 0 Å². The molecule has 0 saturated heterocycles. The van der Waals surface area contributed by atoms with E-state index in [0.717, 1.165) is 29.6 Å². The zero-order valence-corrected chi connectivity index (χ0v) is 9.26. The van der Waals surface area contributed by atoms with E-state index < -0.39 is 0 Å². The minimum absolute atomic E-state index is 0.413. The number of ether oxygens (including phenoxy) is 1. The van der Waals surface area contributed by atoms with Crippen molar-refractivity contribution in [3.05, 3.63) is 24.5 Å². The SMILES string of the molecule is COC1CC(n2cnc3cc(N)ccc32)C1. The average molecular weight is 217 g/mol. The van der Waals surface area contributed by atoms with E-state index in [1.165, 1.54) is 0 Å². The molecule has 2 N–H and O–H groups in total. The number of rotatable bonds is 2. The van der Waals surface area contributed by atoms with E-state index in [2.05, 4.69) is 9.55 Å². The highest BCUT2D eigenvalue weighted by molar-refractivity contribution is 5.79. The van der Waals surface area contributed by atoms with Gasteiger partial charge in [-0.3, -0.25) is 0 Å². The van der Waals surface area contributed by atoms with Crippen LogP contribution in [-0.4, -0.2) is 22.8 Å². The Kier molecular flexibility index (Phi) is 2.11. The Morgan fingerprint density at radius 3 is 3.00 bits per heavy atom. The van der Waals surface area contributed by atoms with Gasteiger partial charge in [0, 0.05) is 18.8 Å². The summed E-state index contributed by atoms with van der Waals surface area (Å²) in [7, 11) is 1.77. The molecule has 0 amide bonds. The molecule has 0 bridgehead atoms. The van der Waals surface area contributed by atoms with E-state index in [-0.39, 0.29) is 0 Å². The molecule has 16 heavy (non-hydrogen) atoms. The quantitative estimate of drug-likeness (QED) is 0.782. The largest absolute Gasteiger partial charge is 0.399 e. The summed E-state index contributed by atoms with van der Waals surface area (Å²) in [5, 5.41) is 0. The predicted molar refractivity (Wildman–Crippen MR) is 63.2 cm³/mol. The number of hydrogen-bond donors (Lipinski definition) is 1. The number of nitrogens with two attached hydrogens (primary N) is 1. The van der Waals surface area contributed by atoms with Crippen LogP contribution < -0.4 is 5.73 Å². The van der Waals surface area contributed by atoms with Gasteiger partial charge in [-0.05, 0) is 31.0 Å². The first-order chi connectivity index (χ1) is 7.78. The molecule has 2 aromatic rings. The maximum atomic E-state index is 5.73. The van der Waals surface area contributed by atoms with Crippen molar-refractivity contribution in [3.8, 4) is 0 Å². The summed E-state index contributed by atoms with van der Waals surface area (Å²) < 4.78 is 7.52. The molecule has 1 heterocycles. The number of imidazole rings is 1. The van der Waals surface area contributed by atoms with Gasteiger partial charge in [0.15, 0.2) is 0 Å². The predicted octanol–water partition coefficient (Wildman–Crippen LogP) is 1.97. The van der Waals surface area contributed by atoms with Gasteiger partial charge in [0.25, 0.3) is 0 Å². The van der Waals surface area contributed by atoms with Crippen LogP contribution in [0.15, 0.2) is 24.5 Å². The number of anilines is 1. The second-order valence-electron chi connectivity index (χ2n) is 4.38. The molecular weight excluding hydrogens is 202 g/mol. The zero-order valence-electron chi connectivity index (χ0n) is 9.26. The second-order valence-corrected chi connectivity index (χ2v) is 4.38. The molecule has 1 aliphatic rings. The van der Waals surface area contributed by atoms with Crippen LogP contribution in [-0.2, 0) is 4.74 Å². The Bertz CT molecular complexity index is 514. The lowest BCUT2D eigenvalue weighted by atomic mass is 9.89. The van der Waals surface area contributed by atoms with Crippen molar-refractivity contribution >= 4 is 16.7 Å². The lowest BCUT2D eigenvalue weighted by Gasteiger charge is -2.35. The van der Waals surface area contributed by atoms with Gasteiger partial charge in [-0.25, -0.2) is 4.98 Å². The molecule has 84 valence electrons. The third-order valence-electron chi connectivity index (χ3n) is 3.40. The first-order valence-corrected chi connectivity index (χ1v) is 5.53. The van der Waals surface area contributed by atoms with E-state index in [1.54, 1.807) is 7.11 Å². The van der Waals surface area contributed by atoms with Gasteiger partial charge in [-0.2, -0.15) is 0 Å². The third kappa shape index (κ3) is 1.38. The van der Waals surface area contributed by atoms with E-state index >= 15 is 0 Å². The number of nitrogens with zero attached hydrogens (tertiary/aromatic N) is 2.